The largest absolute Gasteiger partial charge is 0.350 e. The van der Waals surface area contributed by atoms with Crippen molar-refractivity contribution < 1.29 is 4.79 Å². The Kier molecular flexibility index (Phi) is 4.28. The maximum atomic E-state index is 11.9. The van der Waals surface area contributed by atoms with Gasteiger partial charge in [-0.1, -0.05) is 6.42 Å². The number of carbonyl (C=O) groups is 1. The number of hydrogen-bond acceptors (Lipinski definition) is 3. The lowest BCUT2D eigenvalue weighted by Gasteiger charge is -2.47. The fourth-order valence-corrected chi connectivity index (χ4v) is 2.71. The van der Waals surface area contributed by atoms with Gasteiger partial charge in [0.1, 0.15) is 0 Å². The monoisotopic (exact) mass is 253 g/mol. The van der Waals surface area contributed by atoms with Crippen LogP contribution in [-0.2, 0) is 4.79 Å². The van der Waals surface area contributed by atoms with E-state index in [0.29, 0.717) is 12.6 Å². The minimum Gasteiger partial charge on any atom is -0.350 e. The summed E-state index contributed by atoms with van der Waals surface area (Å²) in [4.78, 5) is 16.6. The van der Waals surface area contributed by atoms with Crippen LogP contribution in [0, 0.1) is 0 Å². The molecule has 2 fully saturated rings. The van der Waals surface area contributed by atoms with Gasteiger partial charge in [-0.2, -0.15) is 0 Å². The molecule has 0 aliphatic carbocycles. The molecule has 0 aromatic carbocycles. The van der Waals surface area contributed by atoms with E-state index in [4.69, 9.17) is 0 Å². The Morgan fingerprint density at radius 2 is 1.78 bits per heavy atom. The number of likely N-dealkylation sites (tertiary alicyclic amines) is 2. The second-order valence-corrected chi connectivity index (χ2v) is 6.68. The maximum Gasteiger partial charge on any atom is 0.234 e. The molecule has 0 bridgehead atoms. The highest BCUT2D eigenvalue weighted by Crippen LogP contribution is 2.20. The Labute approximate surface area is 111 Å². The molecule has 0 unspecified atom stereocenters. The van der Waals surface area contributed by atoms with E-state index < -0.39 is 0 Å². The molecule has 0 aromatic rings. The maximum absolute atomic E-state index is 11.9. The van der Waals surface area contributed by atoms with Crippen molar-refractivity contribution in [3.63, 3.8) is 0 Å². The Hall–Kier alpha value is -0.610. The molecule has 2 saturated heterocycles. The zero-order chi connectivity index (χ0) is 13.2. The van der Waals surface area contributed by atoms with Crippen LogP contribution in [0.2, 0.25) is 0 Å². The summed E-state index contributed by atoms with van der Waals surface area (Å²) in [6.45, 7) is 11.4. The van der Waals surface area contributed by atoms with E-state index in [1.807, 2.05) is 0 Å². The first-order valence-corrected chi connectivity index (χ1v) is 7.22. The molecule has 2 aliphatic heterocycles. The van der Waals surface area contributed by atoms with Crippen molar-refractivity contribution in [1.29, 1.82) is 0 Å². The van der Waals surface area contributed by atoms with E-state index in [0.717, 1.165) is 26.2 Å². The van der Waals surface area contributed by atoms with Crippen LogP contribution >= 0.6 is 0 Å². The molecular formula is C14H27N3O. The van der Waals surface area contributed by atoms with Gasteiger partial charge in [0.2, 0.25) is 5.91 Å². The lowest BCUT2D eigenvalue weighted by atomic mass is 9.97. The van der Waals surface area contributed by atoms with E-state index in [1.165, 1.54) is 19.3 Å². The van der Waals surface area contributed by atoms with Gasteiger partial charge in [0.25, 0.3) is 0 Å². The smallest absolute Gasteiger partial charge is 0.234 e. The van der Waals surface area contributed by atoms with Gasteiger partial charge in [0.15, 0.2) is 0 Å². The van der Waals surface area contributed by atoms with Crippen molar-refractivity contribution in [3.8, 4) is 0 Å². The molecular weight excluding hydrogens is 226 g/mol. The van der Waals surface area contributed by atoms with Gasteiger partial charge in [-0.25, -0.2) is 0 Å². The SMILES string of the molecule is CC(C)(C)N1CC(NC(=O)CN2CCCCC2)C1. The van der Waals surface area contributed by atoms with E-state index in [9.17, 15) is 4.79 Å². The number of nitrogens with one attached hydrogen (secondary N) is 1. The topological polar surface area (TPSA) is 35.6 Å². The Balaban J connectivity index is 1.64. The summed E-state index contributed by atoms with van der Waals surface area (Å²) in [6.07, 6.45) is 3.81. The summed E-state index contributed by atoms with van der Waals surface area (Å²) in [6, 6.07) is 0.363. The molecule has 4 heteroatoms. The van der Waals surface area contributed by atoms with Gasteiger partial charge >= 0.3 is 0 Å². The number of carbonyl (C=O) groups excluding carboxylic acids is 1. The molecule has 1 N–H and O–H groups in total. The zero-order valence-corrected chi connectivity index (χ0v) is 12.0. The quantitative estimate of drug-likeness (QED) is 0.817. The molecule has 0 atom stereocenters. The first kappa shape index (κ1) is 13.8. The van der Waals surface area contributed by atoms with Crippen molar-refractivity contribution in [2.75, 3.05) is 32.7 Å². The van der Waals surface area contributed by atoms with E-state index >= 15 is 0 Å². The average molecular weight is 253 g/mol. The summed E-state index contributed by atoms with van der Waals surface area (Å²) in [7, 11) is 0. The summed E-state index contributed by atoms with van der Waals surface area (Å²) < 4.78 is 0. The van der Waals surface area contributed by atoms with Gasteiger partial charge in [-0.05, 0) is 46.7 Å². The number of rotatable bonds is 3. The van der Waals surface area contributed by atoms with Crippen molar-refractivity contribution in [2.24, 2.45) is 0 Å². The predicted molar refractivity (Wildman–Crippen MR) is 73.5 cm³/mol. The summed E-state index contributed by atoms with van der Waals surface area (Å²) in [5.41, 5.74) is 0.230. The molecule has 0 aromatic heterocycles. The third kappa shape index (κ3) is 3.69. The second kappa shape index (κ2) is 5.57. The minimum atomic E-state index is 0.204. The first-order valence-electron chi connectivity index (χ1n) is 7.22. The summed E-state index contributed by atoms with van der Waals surface area (Å²) in [5.74, 6) is 0.204. The van der Waals surface area contributed by atoms with Gasteiger partial charge in [-0.3, -0.25) is 14.6 Å². The number of nitrogens with zero attached hydrogens (tertiary/aromatic N) is 2. The fraction of sp³-hybridized carbons (Fsp3) is 0.929. The highest BCUT2D eigenvalue weighted by atomic mass is 16.2. The van der Waals surface area contributed by atoms with Gasteiger partial charge in [-0.15, -0.1) is 0 Å². The van der Waals surface area contributed by atoms with Crippen LogP contribution in [0.15, 0.2) is 0 Å². The van der Waals surface area contributed by atoms with Gasteiger partial charge < -0.3 is 5.32 Å². The standard InChI is InChI=1S/C14H27N3O/c1-14(2,3)17-9-12(10-17)15-13(18)11-16-7-5-4-6-8-16/h12H,4-11H2,1-3H3,(H,15,18). The fourth-order valence-electron chi connectivity index (χ4n) is 2.71. The van der Waals surface area contributed by atoms with E-state index in [1.54, 1.807) is 0 Å². The van der Waals surface area contributed by atoms with Crippen LogP contribution in [0.1, 0.15) is 40.0 Å². The van der Waals surface area contributed by atoms with Crippen molar-refractivity contribution in [1.82, 2.24) is 15.1 Å². The number of amides is 1. The Bertz CT molecular complexity index is 286. The zero-order valence-electron chi connectivity index (χ0n) is 12.0. The second-order valence-electron chi connectivity index (χ2n) is 6.68. The van der Waals surface area contributed by atoms with Crippen molar-refractivity contribution in [3.05, 3.63) is 0 Å². The number of hydrogen-bond donors (Lipinski definition) is 1. The minimum absolute atomic E-state index is 0.204. The third-order valence-electron chi connectivity index (χ3n) is 4.01. The molecule has 4 nitrogen and oxygen atoms in total. The van der Waals surface area contributed by atoms with Crippen LogP contribution in [0.25, 0.3) is 0 Å². The average Bonchev–Trinajstić information content (AvgIpc) is 2.22. The van der Waals surface area contributed by atoms with Crippen LogP contribution in [0.4, 0.5) is 0 Å². The molecule has 18 heavy (non-hydrogen) atoms. The van der Waals surface area contributed by atoms with Crippen LogP contribution < -0.4 is 5.32 Å². The van der Waals surface area contributed by atoms with Crippen LogP contribution in [-0.4, -0.2) is 60.0 Å². The third-order valence-corrected chi connectivity index (χ3v) is 4.01. The molecule has 2 heterocycles. The summed E-state index contributed by atoms with van der Waals surface area (Å²) >= 11 is 0. The van der Waals surface area contributed by atoms with E-state index in [-0.39, 0.29) is 11.4 Å². The lowest BCUT2D eigenvalue weighted by molar-refractivity contribution is -0.125. The van der Waals surface area contributed by atoms with Crippen molar-refractivity contribution in [2.45, 2.75) is 51.6 Å². The van der Waals surface area contributed by atoms with Gasteiger partial charge in [0, 0.05) is 18.6 Å². The molecule has 2 aliphatic rings. The molecule has 0 spiro atoms. The Morgan fingerprint density at radius 1 is 1.17 bits per heavy atom. The highest BCUT2D eigenvalue weighted by Gasteiger charge is 2.35. The molecule has 1 amide bonds. The molecule has 2 rings (SSSR count). The Morgan fingerprint density at radius 3 is 2.33 bits per heavy atom. The molecule has 0 saturated carbocycles. The van der Waals surface area contributed by atoms with Crippen molar-refractivity contribution >= 4 is 5.91 Å². The molecule has 0 radical (unpaired) electrons. The van der Waals surface area contributed by atoms with Crippen LogP contribution in [0.5, 0.6) is 0 Å². The first-order chi connectivity index (χ1) is 8.45. The van der Waals surface area contributed by atoms with Gasteiger partial charge in [0.05, 0.1) is 12.6 Å². The predicted octanol–water partition coefficient (Wildman–Crippen LogP) is 1.07. The van der Waals surface area contributed by atoms with E-state index in [2.05, 4.69) is 35.9 Å². The highest BCUT2D eigenvalue weighted by molar-refractivity contribution is 5.78. The number of piperidine rings is 1. The molecule has 104 valence electrons. The van der Waals surface area contributed by atoms with Crippen LogP contribution in [0.3, 0.4) is 0 Å². The normalized spacial score (nSPS) is 23.7. The lowest BCUT2D eigenvalue weighted by Crippen LogP contribution is -2.65. The summed E-state index contributed by atoms with van der Waals surface area (Å²) in [5, 5.41) is 3.14.